The van der Waals surface area contributed by atoms with Crippen molar-refractivity contribution in [1.29, 1.82) is 0 Å². The Morgan fingerprint density at radius 3 is 2.77 bits per heavy atom. The highest BCUT2D eigenvalue weighted by molar-refractivity contribution is 5.98. The van der Waals surface area contributed by atoms with Gasteiger partial charge in [0, 0.05) is 17.8 Å². The number of anilines is 1. The van der Waals surface area contributed by atoms with Crippen LogP contribution in [0, 0.1) is 0 Å². The first kappa shape index (κ1) is 17.9. The van der Waals surface area contributed by atoms with Gasteiger partial charge < -0.3 is 0 Å². The summed E-state index contributed by atoms with van der Waals surface area (Å²) in [6, 6.07) is 19.6. The summed E-state index contributed by atoms with van der Waals surface area (Å²) in [5.74, 6) is 0.676. The minimum absolute atomic E-state index is 0.570. The third-order valence-corrected chi connectivity index (χ3v) is 4.73. The molecule has 0 bridgehead atoms. The van der Waals surface area contributed by atoms with Crippen LogP contribution < -0.4 is 5.43 Å². The van der Waals surface area contributed by atoms with E-state index in [0.717, 1.165) is 33.4 Å². The van der Waals surface area contributed by atoms with Gasteiger partial charge in [-0.25, -0.2) is 14.6 Å². The van der Waals surface area contributed by atoms with Crippen LogP contribution in [0.1, 0.15) is 18.2 Å². The fraction of sp³-hybridized carbons (Fsp3) is 0.0909. The summed E-state index contributed by atoms with van der Waals surface area (Å²) in [5.41, 5.74) is 7.97. The summed E-state index contributed by atoms with van der Waals surface area (Å²) in [5, 5.41) is 14.0. The predicted octanol–water partition coefficient (Wildman–Crippen LogP) is 3.65. The van der Waals surface area contributed by atoms with E-state index in [0.29, 0.717) is 18.0 Å². The second-order valence-electron chi connectivity index (χ2n) is 6.84. The van der Waals surface area contributed by atoms with Crippen LogP contribution in [0.3, 0.4) is 0 Å². The number of nitrogens with zero attached hydrogens (tertiary/aromatic N) is 7. The molecule has 0 amide bonds. The maximum atomic E-state index is 4.74. The Labute approximate surface area is 172 Å². The molecule has 0 saturated heterocycles. The van der Waals surface area contributed by atoms with Crippen LogP contribution in [0.5, 0.6) is 0 Å². The summed E-state index contributed by atoms with van der Waals surface area (Å²) in [4.78, 5) is 13.3. The molecular formula is C22H18N8. The number of hydrazone groups is 1. The van der Waals surface area contributed by atoms with E-state index in [4.69, 9.17) is 4.98 Å². The molecule has 30 heavy (non-hydrogen) atoms. The van der Waals surface area contributed by atoms with Gasteiger partial charge in [0.1, 0.15) is 11.3 Å². The minimum Gasteiger partial charge on any atom is -0.261 e. The normalized spacial score (nSPS) is 11.8. The van der Waals surface area contributed by atoms with Gasteiger partial charge >= 0.3 is 0 Å². The van der Waals surface area contributed by atoms with E-state index >= 15 is 0 Å². The van der Waals surface area contributed by atoms with Gasteiger partial charge in [-0.2, -0.15) is 5.10 Å². The molecule has 1 N–H and O–H groups in total. The zero-order valence-electron chi connectivity index (χ0n) is 16.3. The van der Waals surface area contributed by atoms with Crippen molar-refractivity contribution in [3.63, 3.8) is 0 Å². The molecule has 0 radical (unpaired) electrons. The minimum atomic E-state index is 0.570. The first-order valence-electron chi connectivity index (χ1n) is 9.52. The van der Waals surface area contributed by atoms with Crippen molar-refractivity contribution in [2.75, 3.05) is 5.43 Å². The molecule has 4 aromatic heterocycles. The molecule has 5 rings (SSSR count). The zero-order chi connectivity index (χ0) is 20.3. The molecular weight excluding hydrogens is 376 g/mol. The second kappa shape index (κ2) is 7.67. The van der Waals surface area contributed by atoms with Crippen LogP contribution in [-0.2, 0) is 6.54 Å². The quantitative estimate of drug-likeness (QED) is 0.361. The van der Waals surface area contributed by atoms with Gasteiger partial charge in [0.25, 0.3) is 0 Å². The van der Waals surface area contributed by atoms with Crippen molar-refractivity contribution in [2.24, 2.45) is 5.10 Å². The van der Waals surface area contributed by atoms with E-state index in [2.05, 4.69) is 49.0 Å². The molecule has 0 fully saturated rings. The van der Waals surface area contributed by atoms with E-state index in [-0.39, 0.29) is 0 Å². The monoisotopic (exact) mass is 394 g/mol. The molecule has 0 atom stereocenters. The summed E-state index contributed by atoms with van der Waals surface area (Å²) >= 11 is 0. The fourth-order valence-electron chi connectivity index (χ4n) is 3.19. The fourth-order valence-corrected chi connectivity index (χ4v) is 3.19. The molecule has 1 aromatic carbocycles. The van der Waals surface area contributed by atoms with Gasteiger partial charge in [-0.3, -0.25) is 10.4 Å². The van der Waals surface area contributed by atoms with Gasteiger partial charge in [0.2, 0.25) is 0 Å². The molecule has 8 nitrogen and oxygen atoms in total. The van der Waals surface area contributed by atoms with Gasteiger partial charge in [-0.15, -0.1) is 5.10 Å². The van der Waals surface area contributed by atoms with Gasteiger partial charge in [0.05, 0.1) is 23.5 Å². The number of aromatic nitrogens is 6. The molecule has 0 unspecified atom stereocenters. The first-order valence-corrected chi connectivity index (χ1v) is 9.52. The maximum absolute atomic E-state index is 4.74. The molecule has 0 spiro atoms. The summed E-state index contributed by atoms with van der Waals surface area (Å²) in [6.45, 7) is 2.47. The highest BCUT2D eigenvalue weighted by atomic mass is 15.4. The molecule has 0 aliphatic carbocycles. The Kier molecular flexibility index (Phi) is 4.57. The number of hydrogen-bond donors (Lipinski definition) is 1. The Morgan fingerprint density at radius 1 is 0.967 bits per heavy atom. The van der Waals surface area contributed by atoms with Gasteiger partial charge in [-0.05, 0) is 55.0 Å². The van der Waals surface area contributed by atoms with Crippen molar-refractivity contribution in [2.45, 2.75) is 13.5 Å². The largest absolute Gasteiger partial charge is 0.261 e. The van der Waals surface area contributed by atoms with Crippen molar-refractivity contribution in [1.82, 2.24) is 29.9 Å². The molecule has 5 aromatic rings. The first-order chi connectivity index (χ1) is 14.8. The van der Waals surface area contributed by atoms with Crippen LogP contribution in [0.4, 0.5) is 5.82 Å². The van der Waals surface area contributed by atoms with E-state index in [1.807, 2.05) is 49.4 Å². The number of benzene rings is 1. The SMILES string of the molecule is CC(=NNc1ccccn1)c1ccc2nnn(Cc3ccc4ncccc4c3)c2n1. The third kappa shape index (κ3) is 3.58. The summed E-state index contributed by atoms with van der Waals surface area (Å²) in [7, 11) is 0. The number of pyridine rings is 3. The lowest BCUT2D eigenvalue weighted by molar-refractivity contribution is 0.664. The summed E-state index contributed by atoms with van der Waals surface area (Å²) < 4.78 is 1.80. The Balaban J connectivity index is 1.43. The molecule has 0 aliphatic heterocycles. The average Bonchev–Trinajstić information content (AvgIpc) is 3.20. The van der Waals surface area contributed by atoms with Gasteiger partial charge in [-0.1, -0.05) is 23.4 Å². The highest BCUT2D eigenvalue weighted by Gasteiger charge is 2.10. The van der Waals surface area contributed by atoms with Crippen LogP contribution in [0.15, 0.2) is 78.2 Å². The zero-order valence-corrected chi connectivity index (χ0v) is 16.3. The van der Waals surface area contributed by atoms with Gasteiger partial charge in [0.15, 0.2) is 5.65 Å². The van der Waals surface area contributed by atoms with Crippen molar-refractivity contribution in [3.8, 4) is 0 Å². The van der Waals surface area contributed by atoms with Crippen molar-refractivity contribution < 1.29 is 0 Å². The lowest BCUT2D eigenvalue weighted by Crippen LogP contribution is -2.06. The van der Waals surface area contributed by atoms with E-state index < -0.39 is 0 Å². The topological polar surface area (TPSA) is 93.8 Å². The number of hydrogen-bond acceptors (Lipinski definition) is 7. The standard InChI is InChI=1S/C22H18N8/c1-15(26-28-21-6-2-3-11-24-21)18-9-10-20-22(25-18)30(29-27-20)14-16-7-8-19-17(13-16)5-4-12-23-19/h2-13H,14H2,1H3,(H,24,28). The maximum Gasteiger partial charge on any atom is 0.179 e. The van der Waals surface area contributed by atoms with Crippen LogP contribution in [0.25, 0.3) is 22.1 Å². The number of rotatable bonds is 5. The van der Waals surface area contributed by atoms with E-state index in [1.54, 1.807) is 17.1 Å². The average molecular weight is 394 g/mol. The molecule has 4 heterocycles. The number of fused-ring (bicyclic) bond motifs is 2. The van der Waals surface area contributed by atoms with Crippen molar-refractivity contribution >= 4 is 33.6 Å². The smallest absolute Gasteiger partial charge is 0.179 e. The third-order valence-electron chi connectivity index (χ3n) is 4.73. The van der Waals surface area contributed by atoms with Crippen LogP contribution >= 0.6 is 0 Å². The molecule has 8 heteroatoms. The van der Waals surface area contributed by atoms with Crippen LogP contribution in [-0.4, -0.2) is 35.7 Å². The van der Waals surface area contributed by atoms with E-state index in [9.17, 15) is 0 Å². The number of nitrogens with one attached hydrogen (secondary N) is 1. The van der Waals surface area contributed by atoms with Crippen molar-refractivity contribution in [3.05, 3.63) is 84.3 Å². The molecule has 0 saturated carbocycles. The molecule has 0 aliphatic rings. The Bertz CT molecular complexity index is 1360. The molecule has 146 valence electrons. The van der Waals surface area contributed by atoms with E-state index in [1.165, 1.54) is 0 Å². The summed E-state index contributed by atoms with van der Waals surface area (Å²) in [6.07, 6.45) is 3.51. The predicted molar refractivity (Wildman–Crippen MR) is 116 cm³/mol. The second-order valence-corrected chi connectivity index (χ2v) is 6.84. The Morgan fingerprint density at radius 2 is 1.87 bits per heavy atom. The van der Waals surface area contributed by atoms with Crippen LogP contribution in [0.2, 0.25) is 0 Å². The highest BCUT2D eigenvalue weighted by Crippen LogP contribution is 2.16. The Hall–Kier alpha value is -4.20. The lowest BCUT2D eigenvalue weighted by atomic mass is 10.1. The lowest BCUT2D eigenvalue weighted by Gasteiger charge is -2.06.